The summed E-state index contributed by atoms with van der Waals surface area (Å²) in [5.74, 6) is 0. The van der Waals surface area contributed by atoms with Crippen molar-refractivity contribution in [2.45, 2.75) is 6.54 Å². The average Bonchev–Trinajstić information content (AvgIpc) is 2.66. The van der Waals surface area contributed by atoms with Crippen LogP contribution in [0.3, 0.4) is 0 Å². The first kappa shape index (κ1) is 18.7. The zero-order chi connectivity index (χ0) is 18.5. The number of morpholine rings is 1. The van der Waals surface area contributed by atoms with E-state index in [0.29, 0.717) is 42.7 Å². The monoisotopic (exact) mass is 396 g/mol. The number of nitrogens with zero attached hydrogens (tertiary/aromatic N) is 4. The minimum Gasteiger partial charge on any atom is -0.399 e. The highest BCUT2D eigenvalue weighted by Gasteiger charge is 2.19. The SMILES string of the molecule is CO/N=C(/Cn1ncc(N2CCOCC2)c(Cl)c1=O)c1ccc(Cl)cc1. The second-order valence-corrected chi connectivity index (χ2v) is 6.45. The summed E-state index contributed by atoms with van der Waals surface area (Å²) in [5.41, 5.74) is 1.55. The van der Waals surface area contributed by atoms with Gasteiger partial charge >= 0.3 is 0 Å². The number of halogens is 2. The summed E-state index contributed by atoms with van der Waals surface area (Å²) in [6.07, 6.45) is 1.60. The average molecular weight is 397 g/mol. The van der Waals surface area contributed by atoms with Crippen molar-refractivity contribution in [3.63, 3.8) is 0 Å². The molecule has 1 aliphatic rings. The van der Waals surface area contributed by atoms with E-state index in [1.54, 1.807) is 30.5 Å². The third-order valence-corrected chi connectivity index (χ3v) is 4.60. The third kappa shape index (κ3) is 4.17. The fourth-order valence-electron chi connectivity index (χ4n) is 2.66. The Labute approximate surface area is 160 Å². The van der Waals surface area contributed by atoms with Crippen LogP contribution in [0.25, 0.3) is 0 Å². The van der Waals surface area contributed by atoms with Gasteiger partial charge < -0.3 is 14.5 Å². The maximum atomic E-state index is 12.7. The fraction of sp³-hybridized carbons (Fsp3) is 0.353. The van der Waals surface area contributed by atoms with Crippen LogP contribution in [-0.2, 0) is 16.1 Å². The number of ether oxygens (including phenoxy) is 1. The zero-order valence-electron chi connectivity index (χ0n) is 14.2. The molecule has 1 aliphatic heterocycles. The first-order valence-corrected chi connectivity index (χ1v) is 8.80. The Kier molecular flexibility index (Phi) is 6.13. The summed E-state index contributed by atoms with van der Waals surface area (Å²) in [4.78, 5) is 19.6. The number of aromatic nitrogens is 2. The van der Waals surface area contributed by atoms with Gasteiger partial charge in [-0.3, -0.25) is 4.79 Å². The molecular weight excluding hydrogens is 379 g/mol. The second kappa shape index (κ2) is 8.53. The van der Waals surface area contributed by atoms with Gasteiger partial charge in [-0.15, -0.1) is 0 Å². The molecule has 3 rings (SSSR count). The van der Waals surface area contributed by atoms with Crippen molar-refractivity contribution < 1.29 is 9.57 Å². The summed E-state index contributed by atoms with van der Waals surface area (Å²) in [6.45, 7) is 2.66. The van der Waals surface area contributed by atoms with Crippen LogP contribution in [0.15, 0.2) is 40.4 Å². The molecule has 0 atom stereocenters. The van der Waals surface area contributed by atoms with E-state index >= 15 is 0 Å². The number of rotatable bonds is 5. The van der Waals surface area contributed by atoms with Crippen LogP contribution in [0.2, 0.25) is 10.0 Å². The quantitative estimate of drug-likeness (QED) is 0.573. The van der Waals surface area contributed by atoms with Crippen molar-refractivity contribution in [2.24, 2.45) is 5.16 Å². The molecule has 0 bridgehead atoms. The smallest absolute Gasteiger partial charge is 0.288 e. The Morgan fingerprint density at radius 1 is 1.27 bits per heavy atom. The van der Waals surface area contributed by atoms with Crippen LogP contribution >= 0.6 is 23.2 Å². The number of oxime groups is 1. The molecule has 0 spiro atoms. The van der Waals surface area contributed by atoms with Gasteiger partial charge in [0.05, 0.1) is 31.6 Å². The van der Waals surface area contributed by atoms with Crippen molar-refractivity contribution in [3.05, 3.63) is 56.4 Å². The summed E-state index contributed by atoms with van der Waals surface area (Å²) >= 11 is 12.2. The van der Waals surface area contributed by atoms with Crippen LogP contribution < -0.4 is 10.5 Å². The van der Waals surface area contributed by atoms with Gasteiger partial charge in [0.25, 0.3) is 5.56 Å². The molecule has 0 radical (unpaired) electrons. The number of benzene rings is 1. The van der Waals surface area contributed by atoms with Gasteiger partial charge in [0.15, 0.2) is 0 Å². The maximum Gasteiger partial charge on any atom is 0.288 e. The van der Waals surface area contributed by atoms with Crippen molar-refractivity contribution >= 4 is 34.6 Å². The molecule has 138 valence electrons. The third-order valence-electron chi connectivity index (χ3n) is 4.00. The number of hydrogen-bond donors (Lipinski definition) is 0. The van der Waals surface area contributed by atoms with E-state index in [-0.39, 0.29) is 17.1 Å². The largest absolute Gasteiger partial charge is 0.399 e. The maximum absolute atomic E-state index is 12.7. The predicted octanol–water partition coefficient (Wildman–Crippen LogP) is 2.44. The zero-order valence-corrected chi connectivity index (χ0v) is 15.7. The molecule has 7 nitrogen and oxygen atoms in total. The molecule has 1 fully saturated rings. The molecule has 0 saturated carbocycles. The van der Waals surface area contributed by atoms with E-state index in [0.717, 1.165) is 5.56 Å². The highest BCUT2D eigenvalue weighted by molar-refractivity contribution is 6.33. The van der Waals surface area contributed by atoms with Gasteiger partial charge in [-0.25, -0.2) is 4.68 Å². The van der Waals surface area contributed by atoms with Gasteiger partial charge in [0.2, 0.25) is 0 Å². The van der Waals surface area contributed by atoms with Gasteiger partial charge in [-0.05, 0) is 12.1 Å². The van der Waals surface area contributed by atoms with Crippen molar-refractivity contribution in [1.82, 2.24) is 9.78 Å². The van der Waals surface area contributed by atoms with Gasteiger partial charge in [-0.1, -0.05) is 40.5 Å². The van der Waals surface area contributed by atoms with E-state index in [9.17, 15) is 4.79 Å². The van der Waals surface area contributed by atoms with Gasteiger partial charge in [-0.2, -0.15) is 5.10 Å². The molecule has 2 heterocycles. The van der Waals surface area contributed by atoms with Gasteiger partial charge in [0.1, 0.15) is 17.8 Å². The molecule has 0 unspecified atom stereocenters. The van der Waals surface area contributed by atoms with E-state index in [1.165, 1.54) is 11.8 Å². The number of hydrogen-bond acceptors (Lipinski definition) is 6. The Bertz CT molecular complexity index is 846. The Hall–Kier alpha value is -2.09. The summed E-state index contributed by atoms with van der Waals surface area (Å²) in [5, 5.41) is 9.00. The van der Waals surface area contributed by atoms with Crippen molar-refractivity contribution in [3.8, 4) is 0 Å². The Morgan fingerprint density at radius 2 is 1.96 bits per heavy atom. The molecule has 0 aliphatic carbocycles. The number of anilines is 1. The first-order chi connectivity index (χ1) is 12.6. The normalized spacial score (nSPS) is 15.2. The lowest BCUT2D eigenvalue weighted by Gasteiger charge is -2.29. The molecular formula is C17H18Cl2N4O3. The predicted molar refractivity (Wildman–Crippen MR) is 102 cm³/mol. The minimum absolute atomic E-state index is 0.122. The molecule has 9 heteroatoms. The van der Waals surface area contributed by atoms with E-state index in [2.05, 4.69) is 10.3 Å². The van der Waals surface area contributed by atoms with Crippen LogP contribution in [-0.4, -0.2) is 48.9 Å². The first-order valence-electron chi connectivity index (χ1n) is 8.04. The van der Waals surface area contributed by atoms with Crippen molar-refractivity contribution in [2.75, 3.05) is 38.3 Å². The molecule has 1 aromatic carbocycles. The van der Waals surface area contributed by atoms with Crippen molar-refractivity contribution in [1.29, 1.82) is 0 Å². The Morgan fingerprint density at radius 3 is 2.62 bits per heavy atom. The standard InChI is InChI=1S/C17H18Cl2N4O3/c1-25-21-14(12-2-4-13(18)5-3-12)11-23-17(24)16(19)15(10-20-23)22-6-8-26-9-7-22/h2-5,10H,6-9,11H2,1H3/b21-14-. The van der Waals surface area contributed by atoms with E-state index < -0.39 is 0 Å². The van der Waals surface area contributed by atoms with Crippen LogP contribution in [0.1, 0.15) is 5.56 Å². The lowest BCUT2D eigenvalue weighted by atomic mass is 10.1. The van der Waals surface area contributed by atoms with Crippen LogP contribution in [0, 0.1) is 0 Å². The lowest BCUT2D eigenvalue weighted by Crippen LogP contribution is -2.38. The summed E-state index contributed by atoms with van der Waals surface area (Å²) in [6, 6.07) is 7.09. The Balaban J connectivity index is 1.88. The molecule has 1 aromatic heterocycles. The molecule has 0 N–H and O–H groups in total. The summed E-state index contributed by atoms with van der Waals surface area (Å²) in [7, 11) is 1.45. The highest BCUT2D eigenvalue weighted by Crippen LogP contribution is 2.22. The van der Waals surface area contributed by atoms with E-state index in [1.807, 2.05) is 4.90 Å². The second-order valence-electron chi connectivity index (χ2n) is 5.63. The molecule has 2 aromatic rings. The van der Waals surface area contributed by atoms with Crippen LogP contribution in [0.4, 0.5) is 5.69 Å². The molecule has 1 saturated heterocycles. The van der Waals surface area contributed by atoms with Gasteiger partial charge in [0, 0.05) is 23.7 Å². The summed E-state index contributed by atoms with van der Waals surface area (Å²) < 4.78 is 6.59. The fourth-order valence-corrected chi connectivity index (χ4v) is 3.05. The topological polar surface area (TPSA) is 68.9 Å². The molecule has 0 amide bonds. The molecule has 26 heavy (non-hydrogen) atoms. The highest BCUT2D eigenvalue weighted by atomic mass is 35.5. The van der Waals surface area contributed by atoms with E-state index in [4.69, 9.17) is 32.8 Å². The van der Waals surface area contributed by atoms with Crippen LogP contribution in [0.5, 0.6) is 0 Å². The minimum atomic E-state index is -0.381. The lowest BCUT2D eigenvalue weighted by molar-refractivity contribution is 0.122.